The first kappa shape index (κ1) is 17.4. The van der Waals surface area contributed by atoms with E-state index >= 15 is 0 Å². The molecule has 3 heteroatoms. The van der Waals surface area contributed by atoms with Crippen molar-refractivity contribution in [3.05, 3.63) is 35.9 Å². The fourth-order valence-electron chi connectivity index (χ4n) is 0. The van der Waals surface area contributed by atoms with Crippen LogP contribution in [0.15, 0.2) is 35.9 Å². The molecule has 0 bridgehead atoms. The number of nitriles is 1. The number of nitrogens with zero attached hydrogens (tertiary/aromatic N) is 1. The predicted octanol–water partition coefficient (Wildman–Crippen LogP) is 4.21. The third kappa shape index (κ3) is 7590. The highest BCUT2D eigenvalue weighted by molar-refractivity contribution is 6.55. The highest BCUT2D eigenvalue weighted by Crippen LogP contribution is 1.98. The Balaban J connectivity index is -0.000000101. The zero-order valence-electron chi connectivity index (χ0n) is 7.40. The molecule has 0 unspecified atom stereocenters. The minimum Gasteiger partial charge on any atom is -0.193 e. The zero-order valence-corrected chi connectivity index (χ0v) is 8.91. The number of hydrogen-bond donors (Lipinski definition) is 0. The van der Waals surface area contributed by atoms with Gasteiger partial charge in [-0.15, -0.1) is 6.58 Å². The number of hydrogen-bond acceptors (Lipinski definition) is 1. The standard InChI is InChI=1S/C4H8.C3H3N.C2H2Cl2/c1-4(2)3;1-2-3-4;1-2(3)4/h1H2,2-3H3;2H,1H2;1H2. The fourth-order valence-corrected chi connectivity index (χ4v) is 0. The molecule has 0 aliphatic carbocycles. The van der Waals surface area contributed by atoms with Gasteiger partial charge in [-0.3, -0.25) is 0 Å². The molecule has 0 aliphatic rings. The third-order valence-electron chi connectivity index (χ3n) is 0.0913. The van der Waals surface area contributed by atoms with E-state index in [9.17, 15) is 0 Å². The van der Waals surface area contributed by atoms with Crippen LogP contribution in [-0.4, -0.2) is 0 Å². The molecule has 0 aliphatic heterocycles. The lowest BCUT2D eigenvalue weighted by molar-refractivity contribution is 1.42. The first-order valence-corrected chi connectivity index (χ1v) is 3.76. The van der Waals surface area contributed by atoms with Gasteiger partial charge >= 0.3 is 0 Å². The average molecular weight is 206 g/mol. The molecular formula is C9H13Cl2N. The van der Waals surface area contributed by atoms with Gasteiger partial charge in [-0.05, 0) is 13.8 Å². The van der Waals surface area contributed by atoms with Gasteiger partial charge in [-0.1, -0.05) is 41.9 Å². The number of halogens is 2. The van der Waals surface area contributed by atoms with Crippen molar-refractivity contribution < 1.29 is 0 Å². The largest absolute Gasteiger partial charge is 0.193 e. The molecule has 0 rings (SSSR count). The molecular weight excluding hydrogens is 193 g/mol. The minimum atomic E-state index is 0.111. The molecule has 0 amide bonds. The fraction of sp³-hybridized carbons (Fsp3) is 0.222. The SMILES string of the molecule is C=C(C)C.C=C(Cl)Cl.C=CC#N. The minimum absolute atomic E-state index is 0.111. The van der Waals surface area contributed by atoms with Crippen LogP contribution in [0.2, 0.25) is 0 Å². The second kappa shape index (κ2) is 16.7. The predicted molar refractivity (Wildman–Crippen MR) is 57.1 cm³/mol. The maximum Gasteiger partial charge on any atom is 0.0992 e. The van der Waals surface area contributed by atoms with E-state index in [1.165, 1.54) is 11.6 Å². The van der Waals surface area contributed by atoms with Crippen molar-refractivity contribution in [3.8, 4) is 6.07 Å². The molecule has 0 N–H and O–H groups in total. The van der Waals surface area contributed by atoms with Crippen LogP contribution in [0.25, 0.3) is 0 Å². The lowest BCUT2D eigenvalue weighted by Gasteiger charge is -1.65. The van der Waals surface area contributed by atoms with Gasteiger partial charge in [0, 0.05) is 6.08 Å². The molecule has 0 fully saturated rings. The van der Waals surface area contributed by atoms with E-state index < -0.39 is 0 Å². The Labute approximate surface area is 84.6 Å². The van der Waals surface area contributed by atoms with E-state index in [2.05, 4.69) is 19.7 Å². The summed E-state index contributed by atoms with van der Waals surface area (Å²) in [5.41, 5.74) is 1.17. The smallest absolute Gasteiger partial charge is 0.0992 e. The van der Waals surface area contributed by atoms with Crippen molar-refractivity contribution in [1.82, 2.24) is 0 Å². The van der Waals surface area contributed by atoms with E-state index in [0.29, 0.717) is 0 Å². The molecule has 0 aromatic heterocycles. The quantitative estimate of drug-likeness (QED) is 0.430. The van der Waals surface area contributed by atoms with Gasteiger partial charge in [0.05, 0.1) is 10.6 Å². The monoisotopic (exact) mass is 205 g/mol. The Kier molecular flexibility index (Phi) is 24.2. The first-order chi connectivity index (χ1) is 5.38. The average Bonchev–Trinajstić information content (AvgIpc) is 1.85. The molecule has 1 nitrogen and oxygen atoms in total. The summed E-state index contributed by atoms with van der Waals surface area (Å²) >= 11 is 9.69. The molecule has 0 aromatic rings. The molecule has 0 heterocycles. The van der Waals surface area contributed by atoms with E-state index in [1.807, 2.05) is 13.8 Å². The van der Waals surface area contributed by atoms with Crippen molar-refractivity contribution in [2.24, 2.45) is 0 Å². The van der Waals surface area contributed by atoms with Crippen molar-refractivity contribution in [2.45, 2.75) is 13.8 Å². The highest BCUT2D eigenvalue weighted by Gasteiger charge is 1.60. The van der Waals surface area contributed by atoms with Gasteiger partial charge in [-0.25, -0.2) is 0 Å². The van der Waals surface area contributed by atoms with Crippen LogP contribution in [-0.2, 0) is 0 Å². The summed E-state index contributed by atoms with van der Waals surface area (Å²) < 4.78 is 0.111. The summed E-state index contributed by atoms with van der Waals surface area (Å²) in [6.07, 6.45) is 1.18. The van der Waals surface area contributed by atoms with Gasteiger partial charge in [0.2, 0.25) is 0 Å². The highest BCUT2D eigenvalue weighted by atomic mass is 35.5. The number of rotatable bonds is 0. The molecule has 12 heavy (non-hydrogen) atoms. The molecule has 0 radical (unpaired) electrons. The van der Waals surface area contributed by atoms with Gasteiger partial charge in [-0.2, -0.15) is 5.26 Å². The third-order valence-corrected chi connectivity index (χ3v) is 0.0913. The van der Waals surface area contributed by atoms with Gasteiger partial charge in [0.15, 0.2) is 0 Å². The van der Waals surface area contributed by atoms with Gasteiger partial charge in [0.25, 0.3) is 0 Å². The van der Waals surface area contributed by atoms with Crippen LogP contribution >= 0.6 is 23.2 Å². The van der Waals surface area contributed by atoms with Crippen LogP contribution in [0.1, 0.15) is 13.8 Å². The maximum atomic E-state index is 7.51. The van der Waals surface area contributed by atoms with Crippen molar-refractivity contribution in [2.75, 3.05) is 0 Å². The molecule has 0 spiro atoms. The molecule has 68 valence electrons. The summed E-state index contributed by atoms with van der Waals surface area (Å²) in [7, 11) is 0. The Bertz CT molecular complexity index is 157. The molecule has 0 saturated carbocycles. The van der Waals surface area contributed by atoms with Crippen LogP contribution in [0.3, 0.4) is 0 Å². The summed E-state index contributed by atoms with van der Waals surface area (Å²) in [5, 5.41) is 7.51. The van der Waals surface area contributed by atoms with Crippen molar-refractivity contribution in [3.63, 3.8) is 0 Å². The van der Waals surface area contributed by atoms with Gasteiger partial charge < -0.3 is 0 Å². The normalized spacial score (nSPS) is 5.58. The number of allylic oxidation sites excluding steroid dienone is 2. The zero-order chi connectivity index (χ0) is 10.6. The summed E-state index contributed by atoms with van der Waals surface area (Å²) in [6, 6.07) is 1.69. The van der Waals surface area contributed by atoms with Gasteiger partial charge in [0.1, 0.15) is 0 Å². The Hall–Kier alpha value is -0.710. The van der Waals surface area contributed by atoms with E-state index in [-0.39, 0.29) is 4.49 Å². The van der Waals surface area contributed by atoms with Crippen LogP contribution < -0.4 is 0 Å². The molecule has 0 saturated heterocycles. The van der Waals surface area contributed by atoms with E-state index in [0.717, 1.165) is 0 Å². The molecule has 0 atom stereocenters. The Morgan fingerprint density at radius 2 is 1.42 bits per heavy atom. The topological polar surface area (TPSA) is 23.8 Å². The van der Waals surface area contributed by atoms with E-state index in [1.54, 1.807) is 6.07 Å². The second-order valence-electron chi connectivity index (χ2n) is 1.88. The maximum absolute atomic E-state index is 7.51. The summed E-state index contributed by atoms with van der Waals surface area (Å²) in [5.74, 6) is 0. The van der Waals surface area contributed by atoms with Crippen molar-refractivity contribution >= 4 is 23.2 Å². The van der Waals surface area contributed by atoms with Crippen molar-refractivity contribution in [1.29, 1.82) is 5.26 Å². The summed E-state index contributed by atoms with van der Waals surface area (Å²) in [6.45, 7) is 13.7. The molecule has 0 aromatic carbocycles. The Morgan fingerprint density at radius 1 is 1.33 bits per heavy atom. The van der Waals surface area contributed by atoms with Crippen LogP contribution in [0.5, 0.6) is 0 Å². The van der Waals surface area contributed by atoms with Crippen LogP contribution in [0.4, 0.5) is 0 Å². The lowest BCUT2D eigenvalue weighted by atomic mass is 10.4. The first-order valence-electron chi connectivity index (χ1n) is 3.01. The summed E-state index contributed by atoms with van der Waals surface area (Å²) in [4.78, 5) is 0. The Morgan fingerprint density at radius 3 is 1.42 bits per heavy atom. The lowest BCUT2D eigenvalue weighted by Crippen LogP contribution is -1.43. The second-order valence-corrected chi connectivity index (χ2v) is 2.98. The van der Waals surface area contributed by atoms with E-state index in [4.69, 9.17) is 28.5 Å². The van der Waals surface area contributed by atoms with Crippen LogP contribution in [0, 0.1) is 11.3 Å².